The fraction of sp³-hybridized carbons (Fsp3) is 0.333. The Hall–Kier alpha value is -6.60. The Morgan fingerprint density at radius 2 is 1.60 bits per heavy atom. The van der Waals surface area contributed by atoms with E-state index in [-0.39, 0.29) is 61.1 Å². The SMILES string of the molecule is CCN1NC(C)C=C1C(=O)Nc1nc2cc(C(N)=O)cc(OCCCO)c2n1C/C=C/Cn1c(NC(=O)c2cc(C)nn2CC)nc2cc(C(N)=O)cnc21. The largest absolute Gasteiger partial charge is 0.491 e. The number of primary amides is 2. The third-order valence-electron chi connectivity index (χ3n) is 8.76. The van der Waals surface area contributed by atoms with Gasteiger partial charge in [-0.05, 0) is 58.0 Å². The Kier molecular flexibility index (Phi) is 11.2. The molecule has 0 bridgehead atoms. The van der Waals surface area contributed by atoms with Crippen LogP contribution >= 0.6 is 0 Å². The van der Waals surface area contributed by atoms with Crippen molar-refractivity contribution in [1.29, 1.82) is 0 Å². The third kappa shape index (κ3) is 8.02. The number of fused-ring (bicyclic) bond motifs is 2. The topological polar surface area (TPSA) is 255 Å². The van der Waals surface area contributed by atoms with E-state index in [9.17, 15) is 24.3 Å². The van der Waals surface area contributed by atoms with Crippen LogP contribution in [0.1, 0.15) is 64.1 Å². The van der Waals surface area contributed by atoms with Gasteiger partial charge < -0.3 is 30.9 Å². The van der Waals surface area contributed by atoms with Gasteiger partial charge in [0, 0.05) is 57.0 Å². The number of carbonyl (C=O) groups is 4. The summed E-state index contributed by atoms with van der Waals surface area (Å²) in [7, 11) is 0. The Morgan fingerprint density at radius 3 is 2.29 bits per heavy atom. The minimum atomic E-state index is -0.690. The van der Waals surface area contributed by atoms with Gasteiger partial charge in [-0.1, -0.05) is 12.2 Å². The zero-order valence-corrected chi connectivity index (χ0v) is 30.9. The number of benzene rings is 1. The zero-order chi connectivity index (χ0) is 39.4. The van der Waals surface area contributed by atoms with Crippen molar-refractivity contribution in [3.05, 3.63) is 76.9 Å². The van der Waals surface area contributed by atoms with E-state index in [0.717, 1.165) is 0 Å². The van der Waals surface area contributed by atoms with Gasteiger partial charge in [0.25, 0.3) is 11.8 Å². The van der Waals surface area contributed by atoms with Crippen molar-refractivity contribution in [2.45, 2.75) is 59.8 Å². The van der Waals surface area contributed by atoms with Gasteiger partial charge in [0.2, 0.25) is 23.7 Å². The molecule has 19 nitrogen and oxygen atoms in total. The van der Waals surface area contributed by atoms with Crippen molar-refractivity contribution in [2.75, 3.05) is 30.4 Å². The van der Waals surface area contributed by atoms with Crippen molar-refractivity contribution in [2.24, 2.45) is 11.5 Å². The lowest BCUT2D eigenvalue weighted by Crippen LogP contribution is -2.38. The Bertz CT molecular complexity index is 2350. The first-order chi connectivity index (χ1) is 26.4. The van der Waals surface area contributed by atoms with Gasteiger partial charge in [-0.3, -0.25) is 39.1 Å². The number of hydrazine groups is 1. The molecule has 1 unspecified atom stereocenters. The number of aliphatic hydroxyl groups excluding tert-OH is 1. The molecule has 4 aromatic heterocycles. The second kappa shape index (κ2) is 16.2. The van der Waals surface area contributed by atoms with Gasteiger partial charge in [-0.2, -0.15) is 5.10 Å². The van der Waals surface area contributed by atoms with E-state index in [0.29, 0.717) is 58.8 Å². The first kappa shape index (κ1) is 38.1. The molecule has 288 valence electrons. The number of rotatable bonds is 16. The maximum Gasteiger partial charge on any atom is 0.276 e. The van der Waals surface area contributed by atoms with Gasteiger partial charge in [-0.25, -0.2) is 20.4 Å². The normalized spacial score (nSPS) is 14.2. The number of aryl methyl sites for hydroxylation is 2. The molecule has 6 rings (SSSR count). The lowest BCUT2D eigenvalue weighted by molar-refractivity contribution is -0.114. The Balaban J connectivity index is 1.37. The predicted molar refractivity (Wildman–Crippen MR) is 203 cm³/mol. The van der Waals surface area contributed by atoms with Crippen LogP contribution in [0.5, 0.6) is 5.75 Å². The standard InChI is InChI=1S/C36H43N13O6/c1-5-48-26(14-20(3)44-48)33(53)42-35-40-24-16-22(30(37)51)18-28(55-13-9-12-50)29(24)46(35)10-7-8-11-47-32-25(17-23(19-39-32)31(38)52)41-36(47)43-34(54)27-15-21(4)45-49(27)6-2/h7-8,14-20,44,50H,5-6,9-13H2,1-4H3,(H2,37,51)(H2,38,52)(H,40,42,53)(H,41,43,54)/b8-7+. The van der Waals surface area contributed by atoms with Crippen molar-refractivity contribution in [3.8, 4) is 5.75 Å². The van der Waals surface area contributed by atoms with Crippen LogP contribution in [0.4, 0.5) is 11.9 Å². The van der Waals surface area contributed by atoms with Gasteiger partial charge in [0.1, 0.15) is 28.2 Å². The van der Waals surface area contributed by atoms with E-state index in [1.54, 1.807) is 31.8 Å². The van der Waals surface area contributed by atoms with Crippen LogP contribution < -0.4 is 32.3 Å². The molecule has 55 heavy (non-hydrogen) atoms. The zero-order valence-electron chi connectivity index (χ0n) is 30.9. The molecule has 0 spiro atoms. The molecule has 1 atom stereocenters. The number of nitrogens with one attached hydrogen (secondary N) is 3. The quantitative estimate of drug-likeness (QED) is 0.0623. The highest BCUT2D eigenvalue weighted by atomic mass is 16.5. The second-order valence-electron chi connectivity index (χ2n) is 12.7. The molecule has 0 saturated carbocycles. The van der Waals surface area contributed by atoms with Crippen molar-refractivity contribution in [3.63, 3.8) is 0 Å². The molecule has 5 aromatic rings. The van der Waals surface area contributed by atoms with E-state index in [2.05, 4.69) is 36.1 Å². The summed E-state index contributed by atoms with van der Waals surface area (Å²) >= 11 is 0. The summed E-state index contributed by atoms with van der Waals surface area (Å²) < 4.78 is 11.0. The van der Waals surface area contributed by atoms with Gasteiger partial charge in [0.15, 0.2) is 5.65 Å². The number of ether oxygens (including phenoxy) is 1. The van der Waals surface area contributed by atoms with Crippen molar-refractivity contribution < 1.29 is 29.0 Å². The minimum absolute atomic E-state index is 0.0594. The summed E-state index contributed by atoms with van der Waals surface area (Å²) in [6.07, 6.45) is 7.11. The number of nitrogens with zero attached hydrogens (tertiary/aromatic N) is 8. The molecule has 5 heterocycles. The maximum absolute atomic E-state index is 13.6. The van der Waals surface area contributed by atoms with E-state index in [4.69, 9.17) is 16.2 Å². The van der Waals surface area contributed by atoms with Gasteiger partial charge in [-0.15, -0.1) is 0 Å². The van der Waals surface area contributed by atoms with Crippen LogP contribution in [0.15, 0.2) is 54.4 Å². The second-order valence-corrected chi connectivity index (χ2v) is 12.7. The molecule has 0 fully saturated rings. The fourth-order valence-electron chi connectivity index (χ4n) is 6.22. The molecule has 8 N–H and O–H groups in total. The minimum Gasteiger partial charge on any atom is -0.491 e. The Labute approximate surface area is 315 Å². The van der Waals surface area contributed by atoms with E-state index in [1.165, 1.54) is 24.4 Å². The average molecular weight is 754 g/mol. The number of pyridine rings is 1. The smallest absolute Gasteiger partial charge is 0.276 e. The van der Waals surface area contributed by atoms with E-state index >= 15 is 0 Å². The lowest BCUT2D eigenvalue weighted by Gasteiger charge is -2.20. The number of anilines is 2. The monoisotopic (exact) mass is 753 g/mol. The first-order valence-electron chi connectivity index (χ1n) is 17.7. The highest BCUT2D eigenvalue weighted by Crippen LogP contribution is 2.32. The number of aliphatic hydroxyl groups is 1. The van der Waals surface area contributed by atoms with Crippen LogP contribution in [-0.2, 0) is 24.4 Å². The molecule has 4 amide bonds. The van der Waals surface area contributed by atoms with E-state index in [1.807, 2.05) is 39.0 Å². The fourth-order valence-corrected chi connectivity index (χ4v) is 6.22. The number of likely N-dealkylation sites (N-methyl/N-ethyl adjacent to an activating group) is 1. The van der Waals surface area contributed by atoms with Crippen LogP contribution in [-0.4, -0.2) is 93.4 Å². The number of nitrogens with two attached hydrogens (primary N) is 2. The Morgan fingerprint density at radius 1 is 0.927 bits per heavy atom. The van der Waals surface area contributed by atoms with Crippen LogP contribution in [0.3, 0.4) is 0 Å². The van der Waals surface area contributed by atoms with Crippen LogP contribution in [0.25, 0.3) is 22.2 Å². The number of amides is 4. The number of hydrogen-bond acceptors (Lipinski definition) is 12. The van der Waals surface area contributed by atoms with Gasteiger partial charge in [0.05, 0.1) is 23.4 Å². The van der Waals surface area contributed by atoms with Gasteiger partial charge >= 0.3 is 0 Å². The van der Waals surface area contributed by atoms with E-state index < -0.39 is 23.6 Å². The summed E-state index contributed by atoms with van der Waals surface area (Å²) in [5, 5.41) is 21.3. The average Bonchev–Trinajstić information content (AvgIpc) is 3.92. The lowest BCUT2D eigenvalue weighted by atomic mass is 10.1. The molecular weight excluding hydrogens is 710 g/mol. The van der Waals surface area contributed by atoms with Crippen LogP contribution in [0, 0.1) is 6.92 Å². The molecule has 1 aliphatic heterocycles. The summed E-state index contributed by atoms with van der Waals surface area (Å²) in [6, 6.07) is 6.14. The van der Waals surface area contributed by atoms with Crippen molar-refractivity contribution in [1.82, 2.24) is 44.3 Å². The molecule has 1 aromatic carbocycles. The third-order valence-corrected chi connectivity index (χ3v) is 8.76. The summed E-state index contributed by atoms with van der Waals surface area (Å²) in [4.78, 5) is 65.0. The molecule has 0 aliphatic carbocycles. The number of imidazole rings is 2. The predicted octanol–water partition coefficient (Wildman–Crippen LogP) is 1.82. The first-order valence-corrected chi connectivity index (χ1v) is 17.7. The molecule has 1 aliphatic rings. The molecule has 0 radical (unpaired) electrons. The molecule has 0 saturated heterocycles. The molecule has 19 heteroatoms. The summed E-state index contributed by atoms with van der Waals surface area (Å²) in [5.41, 5.74) is 17.7. The highest BCUT2D eigenvalue weighted by molar-refractivity contribution is 6.05. The summed E-state index contributed by atoms with van der Waals surface area (Å²) in [5.74, 6) is -1.56. The maximum atomic E-state index is 13.6. The van der Waals surface area contributed by atoms with Crippen molar-refractivity contribution >= 4 is 57.7 Å². The highest BCUT2D eigenvalue weighted by Gasteiger charge is 2.27. The number of allylic oxidation sites excluding steroid dienone is 2. The number of hydrogen-bond donors (Lipinski definition) is 6. The number of aromatic nitrogens is 7. The summed E-state index contributed by atoms with van der Waals surface area (Å²) in [6.45, 7) is 8.90. The molecular formula is C36H43N13O6. The number of carbonyl (C=O) groups excluding carboxylic acids is 4. The van der Waals surface area contributed by atoms with Crippen LogP contribution in [0.2, 0.25) is 0 Å².